The number of nitrogens with zero attached hydrogens (tertiary/aromatic N) is 3. The molecule has 0 aliphatic carbocycles. The van der Waals surface area contributed by atoms with Crippen molar-refractivity contribution in [3.05, 3.63) is 77.1 Å². The van der Waals surface area contributed by atoms with Crippen molar-refractivity contribution in [1.29, 1.82) is 5.26 Å². The predicted octanol–water partition coefficient (Wildman–Crippen LogP) is 4.22. The van der Waals surface area contributed by atoms with E-state index >= 15 is 0 Å². The Morgan fingerprint density at radius 1 is 1.07 bits per heavy atom. The average Bonchev–Trinajstić information content (AvgIpc) is 2.68. The SMILES string of the molecule is CCc1ccc(Nc2nc(C)cc(C(=O)Nc3cccc(C#N)c3)n2)cc1. The van der Waals surface area contributed by atoms with E-state index in [2.05, 4.69) is 27.5 Å². The Hall–Kier alpha value is -3.72. The molecule has 6 nitrogen and oxygen atoms in total. The van der Waals surface area contributed by atoms with Crippen LogP contribution in [0.2, 0.25) is 0 Å². The van der Waals surface area contributed by atoms with Crippen molar-refractivity contribution in [2.24, 2.45) is 0 Å². The number of benzene rings is 2. The van der Waals surface area contributed by atoms with Crippen LogP contribution in [0.3, 0.4) is 0 Å². The Morgan fingerprint density at radius 2 is 1.85 bits per heavy atom. The summed E-state index contributed by atoms with van der Waals surface area (Å²) in [6, 6.07) is 18.4. The highest BCUT2D eigenvalue weighted by Gasteiger charge is 2.11. The fraction of sp³-hybridized carbons (Fsp3) is 0.143. The van der Waals surface area contributed by atoms with Crippen LogP contribution >= 0.6 is 0 Å². The number of nitriles is 1. The van der Waals surface area contributed by atoms with E-state index in [1.165, 1.54) is 5.56 Å². The van der Waals surface area contributed by atoms with Crippen molar-refractivity contribution < 1.29 is 4.79 Å². The number of amides is 1. The minimum Gasteiger partial charge on any atom is -0.324 e. The van der Waals surface area contributed by atoms with Crippen molar-refractivity contribution in [1.82, 2.24) is 9.97 Å². The number of carbonyl (C=O) groups is 1. The second kappa shape index (κ2) is 8.11. The van der Waals surface area contributed by atoms with Gasteiger partial charge in [0.2, 0.25) is 5.95 Å². The molecule has 2 aromatic carbocycles. The lowest BCUT2D eigenvalue weighted by molar-refractivity contribution is 0.102. The van der Waals surface area contributed by atoms with Crippen LogP contribution in [0, 0.1) is 18.3 Å². The van der Waals surface area contributed by atoms with Crippen LogP contribution in [0.15, 0.2) is 54.6 Å². The normalized spacial score (nSPS) is 10.1. The van der Waals surface area contributed by atoms with Gasteiger partial charge in [0.1, 0.15) is 5.69 Å². The summed E-state index contributed by atoms with van der Waals surface area (Å²) in [4.78, 5) is 21.2. The lowest BCUT2D eigenvalue weighted by atomic mass is 10.1. The van der Waals surface area contributed by atoms with E-state index in [9.17, 15) is 4.79 Å². The zero-order chi connectivity index (χ0) is 19.2. The molecule has 0 unspecified atom stereocenters. The summed E-state index contributed by atoms with van der Waals surface area (Å²) in [5.41, 5.74) is 4.03. The molecule has 0 aliphatic heterocycles. The molecule has 27 heavy (non-hydrogen) atoms. The molecule has 0 saturated heterocycles. The van der Waals surface area contributed by atoms with Gasteiger partial charge in [-0.3, -0.25) is 4.79 Å². The molecule has 0 fully saturated rings. The van der Waals surface area contributed by atoms with Crippen molar-refractivity contribution in [3.8, 4) is 6.07 Å². The van der Waals surface area contributed by atoms with E-state index in [0.29, 0.717) is 22.9 Å². The number of hydrogen-bond donors (Lipinski definition) is 2. The molecule has 0 atom stereocenters. The molecule has 0 radical (unpaired) electrons. The molecule has 1 heterocycles. The fourth-order valence-corrected chi connectivity index (χ4v) is 2.56. The van der Waals surface area contributed by atoms with Gasteiger partial charge in [-0.15, -0.1) is 0 Å². The van der Waals surface area contributed by atoms with Gasteiger partial charge in [-0.25, -0.2) is 9.97 Å². The molecule has 2 N–H and O–H groups in total. The Bertz CT molecular complexity index is 1010. The van der Waals surface area contributed by atoms with Gasteiger partial charge in [-0.05, 0) is 55.3 Å². The molecule has 3 rings (SSSR count). The van der Waals surface area contributed by atoms with Crippen molar-refractivity contribution >= 4 is 23.2 Å². The zero-order valence-corrected chi connectivity index (χ0v) is 15.2. The number of anilines is 3. The smallest absolute Gasteiger partial charge is 0.274 e. The van der Waals surface area contributed by atoms with Crippen molar-refractivity contribution in [2.45, 2.75) is 20.3 Å². The molecule has 0 saturated carbocycles. The topological polar surface area (TPSA) is 90.7 Å². The first kappa shape index (κ1) is 18.1. The molecular formula is C21H19N5O. The second-order valence-corrected chi connectivity index (χ2v) is 6.04. The minimum absolute atomic E-state index is 0.248. The van der Waals surface area contributed by atoms with E-state index in [4.69, 9.17) is 5.26 Å². The Balaban J connectivity index is 1.79. The second-order valence-electron chi connectivity index (χ2n) is 6.04. The Labute approximate surface area is 157 Å². The maximum absolute atomic E-state index is 12.5. The van der Waals surface area contributed by atoms with Crippen molar-refractivity contribution in [2.75, 3.05) is 10.6 Å². The lowest BCUT2D eigenvalue weighted by Gasteiger charge is -2.09. The number of hydrogen-bond acceptors (Lipinski definition) is 5. The Kier molecular flexibility index (Phi) is 5.43. The number of carbonyl (C=O) groups excluding carboxylic acids is 1. The molecule has 6 heteroatoms. The molecule has 0 aliphatic rings. The molecular weight excluding hydrogens is 338 g/mol. The van der Waals surface area contributed by atoms with Gasteiger partial charge in [0.15, 0.2) is 0 Å². The van der Waals surface area contributed by atoms with E-state index in [1.807, 2.05) is 30.3 Å². The summed E-state index contributed by atoms with van der Waals surface area (Å²) in [6.45, 7) is 3.91. The lowest BCUT2D eigenvalue weighted by Crippen LogP contribution is -2.15. The molecule has 1 amide bonds. The molecule has 0 bridgehead atoms. The largest absolute Gasteiger partial charge is 0.324 e. The molecule has 3 aromatic rings. The van der Waals surface area contributed by atoms with Gasteiger partial charge < -0.3 is 10.6 Å². The van der Waals surface area contributed by atoms with E-state index in [1.54, 1.807) is 37.3 Å². The van der Waals surface area contributed by atoms with E-state index < -0.39 is 0 Å². The molecule has 1 aromatic heterocycles. The highest BCUT2D eigenvalue weighted by Crippen LogP contribution is 2.16. The van der Waals surface area contributed by atoms with Crippen LogP contribution in [-0.2, 0) is 6.42 Å². The monoisotopic (exact) mass is 357 g/mol. The predicted molar refractivity (Wildman–Crippen MR) is 105 cm³/mol. The zero-order valence-electron chi connectivity index (χ0n) is 15.2. The van der Waals surface area contributed by atoms with Crippen LogP contribution < -0.4 is 10.6 Å². The summed E-state index contributed by atoms with van der Waals surface area (Å²) < 4.78 is 0. The first-order valence-corrected chi connectivity index (χ1v) is 8.60. The maximum Gasteiger partial charge on any atom is 0.274 e. The molecule has 0 spiro atoms. The van der Waals surface area contributed by atoms with Gasteiger partial charge >= 0.3 is 0 Å². The number of nitrogens with one attached hydrogen (secondary N) is 2. The van der Waals surface area contributed by atoms with E-state index in [-0.39, 0.29) is 11.6 Å². The van der Waals surface area contributed by atoms with Gasteiger partial charge in [0.05, 0.1) is 11.6 Å². The van der Waals surface area contributed by atoms with Gasteiger partial charge in [-0.2, -0.15) is 5.26 Å². The quantitative estimate of drug-likeness (QED) is 0.713. The summed E-state index contributed by atoms with van der Waals surface area (Å²) in [6.07, 6.45) is 0.971. The van der Waals surface area contributed by atoms with Gasteiger partial charge in [-0.1, -0.05) is 25.1 Å². The molecule has 134 valence electrons. The average molecular weight is 357 g/mol. The van der Waals surface area contributed by atoms with Crippen LogP contribution in [0.25, 0.3) is 0 Å². The fourth-order valence-electron chi connectivity index (χ4n) is 2.56. The first-order chi connectivity index (χ1) is 13.1. The third kappa shape index (κ3) is 4.67. The first-order valence-electron chi connectivity index (χ1n) is 8.60. The van der Waals surface area contributed by atoms with Crippen LogP contribution in [0.1, 0.15) is 34.2 Å². The summed E-state index contributed by atoms with van der Waals surface area (Å²) >= 11 is 0. The standard InChI is InChI=1S/C21H19N5O/c1-3-15-7-9-17(10-8-15)25-21-23-14(2)11-19(26-21)20(27)24-18-6-4-5-16(12-18)13-22/h4-12H,3H2,1-2H3,(H,24,27)(H,23,25,26). The number of aryl methyl sites for hydroxylation is 2. The maximum atomic E-state index is 12.5. The van der Waals surface area contributed by atoms with Crippen LogP contribution in [-0.4, -0.2) is 15.9 Å². The third-order valence-corrected chi connectivity index (χ3v) is 3.95. The summed E-state index contributed by atoms with van der Waals surface area (Å²) in [7, 11) is 0. The van der Waals surface area contributed by atoms with Gasteiger partial charge in [0, 0.05) is 17.1 Å². The van der Waals surface area contributed by atoms with Gasteiger partial charge in [0.25, 0.3) is 5.91 Å². The van der Waals surface area contributed by atoms with Crippen LogP contribution in [0.5, 0.6) is 0 Å². The highest BCUT2D eigenvalue weighted by molar-refractivity contribution is 6.03. The minimum atomic E-state index is -0.361. The number of aromatic nitrogens is 2. The summed E-state index contributed by atoms with van der Waals surface area (Å²) in [5, 5.41) is 14.9. The summed E-state index contributed by atoms with van der Waals surface area (Å²) in [5.74, 6) is -0.00450. The van der Waals surface area contributed by atoms with E-state index in [0.717, 1.165) is 12.1 Å². The third-order valence-electron chi connectivity index (χ3n) is 3.95. The highest BCUT2D eigenvalue weighted by atomic mass is 16.1. The van der Waals surface area contributed by atoms with Crippen molar-refractivity contribution in [3.63, 3.8) is 0 Å². The van der Waals surface area contributed by atoms with Crippen LogP contribution in [0.4, 0.5) is 17.3 Å². The Morgan fingerprint density at radius 3 is 2.56 bits per heavy atom. The number of rotatable bonds is 5.